The van der Waals surface area contributed by atoms with E-state index in [-0.39, 0.29) is 17.9 Å². The van der Waals surface area contributed by atoms with Crippen LogP contribution in [0.3, 0.4) is 0 Å². The van der Waals surface area contributed by atoms with Gasteiger partial charge in [-0.05, 0) is 18.1 Å². The van der Waals surface area contributed by atoms with Crippen LogP contribution in [0.4, 0.5) is 0 Å². The van der Waals surface area contributed by atoms with Gasteiger partial charge in [0.25, 0.3) is 0 Å². The van der Waals surface area contributed by atoms with E-state index in [1.165, 1.54) is 0 Å². The summed E-state index contributed by atoms with van der Waals surface area (Å²) < 4.78 is 1.80. The molecule has 0 radical (unpaired) electrons. The highest BCUT2D eigenvalue weighted by Gasteiger charge is 2.31. The third-order valence-corrected chi connectivity index (χ3v) is 4.84. The predicted octanol–water partition coefficient (Wildman–Crippen LogP) is 1.78. The maximum absolute atomic E-state index is 12.7. The molecule has 1 aromatic heterocycles. The molecule has 0 saturated carbocycles. The van der Waals surface area contributed by atoms with E-state index in [1.807, 2.05) is 53.2 Å². The van der Waals surface area contributed by atoms with Gasteiger partial charge < -0.3 is 9.80 Å². The molecule has 2 amide bonds. The number of amides is 2. The van der Waals surface area contributed by atoms with Crippen LogP contribution in [0.2, 0.25) is 0 Å². The van der Waals surface area contributed by atoms with Crippen molar-refractivity contribution in [2.45, 2.75) is 25.8 Å². The number of hydrogen-bond acceptors (Lipinski definition) is 3. The summed E-state index contributed by atoms with van der Waals surface area (Å²) in [5.74, 6) is 0.182. The Hall–Kier alpha value is -2.63. The normalized spacial score (nSPS) is 17.6. The summed E-state index contributed by atoms with van der Waals surface area (Å²) in [7, 11) is 1.89. The Balaban J connectivity index is 1.68. The minimum Gasteiger partial charge on any atom is -0.338 e. The molecular formula is C19H24N4O2. The summed E-state index contributed by atoms with van der Waals surface area (Å²) in [4.78, 5) is 28.4. The van der Waals surface area contributed by atoms with Crippen LogP contribution in [0, 0.1) is 0 Å². The SMILES string of the molecule is CC(=O)N1CCN(C(=O)CCc2ccnn2C)C[C@H]1c1ccccc1. The monoisotopic (exact) mass is 340 g/mol. The molecule has 1 aliphatic heterocycles. The molecule has 0 unspecified atom stereocenters. The van der Waals surface area contributed by atoms with Crippen LogP contribution in [-0.4, -0.2) is 51.0 Å². The number of nitrogens with zero attached hydrogens (tertiary/aromatic N) is 4. The molecule has 2 aromatic rings. The summed E-state index contributed by atoms with van der Waals surface area (Å²) >= 11 is 0. The van der Waals surface area contributed by atoms with Crippen molar-refractivity contribution in [3.05, 3.63) is 53.9 Å². The molecule has 1 fully saturated rings. The van der Waals surface area contributed by atoms with Crippen molar-refractivity contribution in [3.8, 4) is 0 Å². The highest BCUT2D eigenvalue weighted by Crippen LogP contribution is 2.26. The summed E-state index contributed by atoms with van der Waals surface area (Å²) in [6.07, 6.45) is 2.89. The predicted molar refractivity (Wildman–Crippen MR) is 94.7 cm³/mol. The molecule has 1 atom stereocenters. The zero-order chi connectivity index (χ0) is 17.8. The molecule has 132 valence electrons. The van der Waals surface area contributed by atoms with Gasteiger partial charge in [0.15, 0.2) is 0 Å². The molecule has 1 aromatic carbocycles. The number of carbonyl (C=O) groups is 2. The second-order valence-corrected chi connectivity index (χ2v) is 6.42. The largest absolute Gasteiger partial charge is 0.338 e. The van der Waals surface area contributed by atoms with Gasteiger partial charge >= 0.3 is 0 Å². The van der Waals surface area contributed by atoms with Crippen LogP contribution >= 0.6 is 0 Å². The Labute approximate surface area is 148 Å². The fraction of sp³-hybridized carbons (Fsp3) is 0.421. The molecule has 0 bridgehead atoms. The minimum absolute atomic E-state index is 0.0517. The van der Waals surface area contributed by atoms with E-state index >= 15 is 0 Å². The zero-order valence-corrected chi connectivity index (χ0v) is 14.8. The van der Waals surface area contributed by atoms with Gasteiger partial charge in [-0.2, -0.15) is 5.10 Å². The minimum atomic E-state index is -0.0758. The van der Waals surface area contributed by atoms with Gasteiger partial charge in [-0.1, -0.05) is 30.3 Å². The van der Waals surface area contributed by atoms with Crippen molar-refractivity contribution >= 4 is 11.8 Å². The first kappa shape index (κ1) is 17.2. The number of carbonyl (C=O) groups excluding carboxylic acids is 2. The lowest BCUT2D eigenvalue weighted by Gasteiger charge is -2.41. The van der Waals surface area contributed by atoms with Crippen molar-refractivity contribution < 1.29 is 9.59 Å². The smallest absolute Gasteiger partial charge is 0.223 e. The van der Waals surface area contributed by atoms with Crippen LogP contribution in [0.5, 0.6) is 0 Å². The van der Waals surface area contributed by atoms with Crippen molar-refractivity contribution in [2.75, 3.05) is 19.6 Å². The van der Waals surface area contributed by atoms with Gasteiger partial charge in [-0.3, -0.25) is 14.3 Å². The highest BCUT2D eigenvalue weighted by molar-refractivity contribution is 5.78. The molecule has 6 heteroatoms. The fourth-order valence-electron chi connectivity index (χ4n) is 3.39. The Morgan fingerprint density at radius 1 is 1.16 bits per heavy atom. The van der Waals surface area contributed by atoms with Crippen molar-refractivity contribution in [1.82, 2.24) is 19.6 Å². The van der Waals surface area contributed by atoms with Crippen LogP contribution in [0.1, 0.15) is 30.6 Å². The molecule has 0 N–H and O–H groups in total. The van der Waals surface area contributed by atoms with Gasteiger partial charge in [0.05, 0.1) is 6.04 Å². The van der Waals surface area contributed by atoms with E-state index in [1.54, 1.807) is 17.8 Å². The second kappa shape index (κ2) is 7.51. The van der Waals surface area contributed by atoms with Gasteiger partial charge in [0.1, 0.15) is 0 Å². The topological polar surface area (TPSA) is 58.4 Å². The first-order chi connectivity index (χ1) is 12.1. The number of aryl methyl sites for hydroxylation is 2. The molecule has 2 heterocycles. The van der Waals surface area contributed by atoms with E-state index in [0.29, 0.717) is 32.5 Å². The van der Waals surface area contributed by atoms with Crippen LogP contribution in [-0.2, 0) is 23.1 Å². The number of rotatable bonds is 4. The highest BCUT2D eigenvalue weighted by atomic mass is 16.2. The van der Waals surface area contributed by atoms with E-state index in [4.69, 9.17) is 0 Å². The fourth-order valence-corrected chi connectivity index (χ4v) is 3.39. The number of piperazine rings is 1. The number of aromatic nitrogens is 2. The first-order valence-corrected chi connectivity index (χ1v) is 8.63. The summed E-state index contributed by atoms with van der Waals surface area (Å²) in [6, 6.07) is 11.8. The maximum Gasteiger partial charge on any atom is 0.223 e. The maximum atomic E-state index is 12.7. The van der Waals surface area contributed by atoms with Crippen molar-refractivity contribution in [2.24, 2.45) is 7.05 Å². The number of hydrogen-bond donors (Lipinski definition) is 0. The summed E-state index contributed by atoms with van der Waals surface area (Å²) in [5.41, 5.74) is 2.12. The summed E-state index contributed by atoms with van der Waals surface area (Å²) in [5, 5.41) is 4.14. The third kappa shape index (κ3) is 3.90. The molecular weight excluding hydrogens is 316 g/mol. The average molecular weight is 340 g/mol. The molecule has 1 saturated heterocycles. The standard InChI is InChI=1S/C19H24N4O2/c1-15(24)23-13-12-22(14-18(23)16-6-4-3-5-7-16)19(25)9-8-17-10-11-20-21(17)2/h3-7,10-11,18H,8-9,12-14H2,1-2H3/t18-/m0/s1. The molecule has 0 spiro atoms. The van der Waals surface area contributed by atoms with Crippen molar-refractivity contribution in [3.63, 3.8) is 0 Å². The van der Waals surface area contributed by atoms with Gasteiger partial charge in [0, 0.05) is 51.9 Å². The van der Waals surface area contributed by atoms with E-state index in [2.05, 4.69) is 5.10 Å². The van der Waals surface area contributed by atoms with Crippen LogP contribution in [0.25, 0.3) is 0 Å². The quantitative estimate of drug-likeness (QED) is 0.852. The number of benzene rings is 1. The van der Waals surface area contributed by atoms with E-state index in [0.717, 1.165) is 11.3 Å². The lowest BCUT2D eigenvalue weighted by molar-refractivity contribution is -0.141. The summed E-state index contributed by atoms with van der Waals surface area (Å²) in [6.45, 7) is 3.31. The Morgan fingerprint density at radius 3 is 2.56 bits per heavy atom. The van der Waals surface area contributed by atoms with Gasteiger partial charge in [-0.15, -0.1) is 0 Å². The Morgan fingerprint density at radius 2 is 1.92 bits per heavy atom. The third-order valence-electron chi connectivity index (χ3n) is 4.84. The molecule has 0 aliphatic carbocycles. The molecule has 6 nitrogen and oxygen atoms in total. The molecule has 3 rings (SSSR count). The van der Waals surface area contributed by atoms with E-state index in [9.17, 15) is 9.59 Å². The van der Waals surface area contributed by atoms with Crippen LogP contribution < -0.4 is 0 Å². The first-order valence-electron chi connectivity index (χ1n) is 8.63. The average Bonchev–Trinajstić information content (AvgIpc) is 3.04. The second-order valence-electron chi connectivity index (χ2n) is 6.42. The van der Waals surface area contributed by atoms with Crippen LogP contribution in [0.15, 0.2) is 42.6 Å². The van der Waals surface area contributed by atoms with E-state index < -0.39 is 0 Å². The lowest BCUT2D eigenvalue weighted by Crippen LogP contribution is -2.51. The Bertz CT molecular complexity index is 741. The lowest BCUT2D eigenvalue weighted by atomic mass is 10.0. The van der Waals surface area contributed by atoms with Crippen molar-refractivity contribution in [1.29, 1.82) is 0 Å². The molecule has 1 aliphatic rings. The Kier molecular flexibility index (Phi) is 5.16. The van der Waals surface area contributed by atoms with Gasteiger partial charge in [0.2, 0.25) is 11.8 Å². The van der Waals surface area contributed by atoms with Gasteiger partial charge in [-0.25, -0.2) is 0 Å². The zero-order valence-electron chi connectivity index (χ0n) is 14.8. The molecule has 25 heavy (non-hydrogen) atoms.